The Morgan fingerprint density at radius 1 is 1.24 bits per heavy atom. The molecule has 1 aliphatic rings. The fourth-order valence-corrected chi connectivity index (χ4v) is 3.01. The van der Waals surface area contributed by atoms with Crippen LogP contribution in [-0.2, 0) is 9.47 Å². The van der Waals surface area contributed by atoms with Crippen molar-refractivity contribution in [2.75, 3.05) is 6.61 Å². The molecule has 0 radical (unpaired) electrons. The first kappa shape index (κ1) is 16.7. The topological polar surface area (TPSA) is 35.5 Å². The Kier molecular flexibility index (Phi) is 6.40. The maximum Gasteiger partial charge on any atom is 0.162 e. The Balaban J connectivity index is 1.67. The van der Waals surface area contributed by atoms with Gasteiger partial charge in [0.15, 0.2) is 5.78 Å². The van der Waals surface area contributed by atoms with Gasteiger partial charge in [-0.2, -0.15) is 0 Å². The number of carbonyl (C=O) groups is 1. The lowest BCUT2D eigenvalue weighted by atomic mass is 10.0. The second-order valence-corrected chi connectivity index (χ2v) is 6.67. The van der Waals surface area contributed by atoms with Crippen molar-refractivity contribution in [2.45, 2.75) is 57.8 Å². The zero-order valence-corrected chi connectivity index (χ0v) is 14.3. The molecule has 2 rings (SSSR count). The zero-order valence-electron chi connectivity index (χ0n) is 12.7. The van der Waals surface area contributed by atoms with Gasteiger partial charge in [-0.3, -0.25) is 4.79 Å². The summed E-state index contributed by atoms with van der Waals surface area (Å²) < 4.78 is 12.6. The molecule has 3 nitrogen and oxygen atoms in total. The molecule has 1 aliphatic heterocycles. The second kappa shape index (κ2) is 8.06. The number of hydrogen-bond acceptors (Lipinski definition) is 3. The summed E-state index contributed by atoms with van der Waals surface area (Å²) in [6, 6.07) is 7.51. The highest BCUT2D eigenvalue weighted by atomic mass is 79.9. The van der Waals surface area contributed by atoms with Crippen LogP contribution in [0.25, 0.3) is 0 Å². The van der Waals surface area contributed by atoms with E-state index in [0.29, 0.717) is 13.0 Å². The minimum absolute atomic E-state index is 0.180. The van der Waals surface area contributed by atoms with Crippen molar-refractivity contribution in [3.05, 3.63) is 34.3 Å². The van der Waals surface area contributed by atoms with Crippen LogP contribution in [0.1, 0.15) is 49.9 Å². The highest BCUT2D eigenvalue weighted by Crippen LogP contribution is 2.22. The first-order valence-corrected chi connectivity index (χ1v) is 8.39. The lowest BCUT2D eigenvalue weighted by Crippen LogP contribution is -2.34. The molecular formula is C17H23BrO3. The van der Waals surface area contributed by atoms with Gasteiger partial charge in [0.1, 0.15) is 0 Å². The molecule has 0 aromatic heterocycles. The van der Waals surface area contributed by atoms with Crippen LogP contribution >= 0.6 is 15.9 Å². The first-order chi connectivity index (χ1) is 10.0. The second-order valence-electron chi connectivity index (χ2n) is 5.76. The number of ketones is 1. The third-order valence-corrected chi connectivity index (χ3v) is 4.25. The predicted molar refractivity (Wildman–Crippen MR) is 86.7 cm³/mol. The summed E-state index contributed by atoms with van der Waals surface area (Å²) in [4.78, 5) is 12.0. The fourth-order valence-electron chi connectivity index (χ4n) is 2.74. The molecule has 1 aromatic rings. The average molecular weight is 355 g/mol. The van der Waals surface area contributed by atoms with E-state index >= 15 is 0 Å². The number of benzene rings is 1. The van der Waals surface area contributed by atoms with Crippen LogP contribution in [0.5, 0.6) is 0 Å². The molecule has 1 heterocycles. The summed E-state index contributed by atoms with van der Waals surface area (Å²) in [6.07, 6.45) is 4.01. The van der Waals surface area contributed by atoms with Crippen LogP contribution in [0.4, 0.5) is 0 Å². The maximum atomic E-state index is 12.0. The van der Waals surface area contributed by atoms with Gasteiger partial charge in [-0.05, 0) is 45.2 Å². The molecule has 0 amide bonds. The summed E-state index contributed by atoms with van der Waals surface area (Å²) in [6.45, 7) is 4.82. The van der Waals surface area contributed by atoms with Crippen LogP contribution < -0.4 is 0 Å². The van der Waals surface area contributed by atoms with Crippen molar-refractivity contribution < 1.29 is 14.3 Å². The summed E-state index contributed by atoms with van der Waals surface area (Å²) in [5, 5.41) is 0. The van der Waals surface area contributed by atoms with Gasteiger partial charge in [-0.15, -0.1) is 0 Å². The molecule has 0 spiro atoms. The molecule has 1 aromatic carbocycles. The molecule has 1 fully saturated rings. The minimum atomic E-state index is 0.180. The normalized spacial score (nSPS) is 25.8. The molecule has 2 atom stereocenters. The van der Waals surface area contributed by atoms with Gasteiger partial charge in [-0.1, -0.05) is 28.1 Å². The van der Waals surface area contributed by atoms with Gasteiger partial charge in [0.25, 0.3) is 0 Å². The molecule has 21 heavy (non-hydrogen) atoms. The molecule has 0 saturated carbocycles. The molecule has 4 heteroatoms. The van der Waals surface area contributed by atoms with Gasteiger partial charge < -0.3 is 9.47 Å². The van der Waals surface area contributed by atoms with Crippen molar-refractivity contribution in [1.82, 2.24) is 0 Å². The van der Waals surface area contributed by atoms with Crippen molar-refractivity contribution in [3.8, 4) is 0 Å². The number of halogens is 1. The SMILES string of the molecule is CC1CC(OCCCC(=O)c2ccc(Br)cc2)CC(C)O1. The Bertz CT molecular complexity index is 448. The molecule has 2 unspecified atom stereocenters. The van der Waals surface area contributed by atoms with Gasteiger partial charge in [0.05, 0.1) is 18.3 Å². The van der Waals surface area contributed by atoms with Crippen LogP contribution in [0.15, 0.2) is 28.7 Å². The first-order valence-electron chi connectivity index (χ1n) is 7.60. The van der Waals surface area contributed by atoms with E-state index in [1.54, 1.807) is 0 Å². The Morgan fingerprint density at radius 2 is 1.86 bits per heavy atom. The number of hydrogen-bond donors (Lipinski definition) is 0. The number of carbonyl (C=O) groups excluding carboxylic acids is 1. The van der Waals surface area contributed by atoms with Crippen LogP contribution in [0, 0.1) is 0 Å². The van der Waals surface area contributed by atoms with Crippen LogP contribution in [0.2, 0.25) is 0 Å². The van der Waals surface area contributed by atoms with Crippen molar-refractivity contribution in [3.63, 3.8) is 0 Å². The number of ether oxygens (including phenoxy) is 2. The molecule has 0 N–H and O–H groups in total. The standard InChI is InChI=1S/C17H23BrO3/c1-12-10-16(11-13(2)21-12)20-9-3-4-17(19)14-5-7-15(18)8-6-14/h5-8,12-13,16H,3-4,9-11H2,1-2H3. The van der Waals surface area contributed by atoms with Gasteiger partial charge >= 0.3 is 0 Å². The molecular weight excluding hydrogens is 332 g/mol. The van der Waals surface area contributed by atoms with E-state index in [4.69, 9.17) is 9.47 Å². The Morgan fingerprint density at radius 3 is 2.48 bits per heavy atom. The van der Waals surface area contributed by atoms with E-state index in [9.17, 15) is 4.79 Å². The van der Waals surface area contributed by atoms with Crippen molar-refractivity contribution in [2.24, 2.45) is 0 Å². The largest absolute Gasteiger partial charge is 0.378 e. The van der Waals surface area contributed by atoms with Gasteiger partial charge in [-0.25, -0.2) is 0 Å². The monoisotopic (exact) mass is 354 g/mol. The number of rotatable bonds is 6. The smallest absolute Gasteiger partial charge is 0.162 e. The third kappa shape index (κ3) is 5.53. The molecule has 1 saturated heterocycles. The zero-order chi connectivity index (χ0) is 15.2. The highest BCUT2D eigenvalue weighted by Gasteiger charge is 2.24. The predicted octanol–water partition coefficient (Wildman–Crippen LogP) is 4.38. The highest BCUT2D eigenvalue weighted by molar-refractivity contribution is 9.10. The fraction of sp³-hybridized carbons (Fsp3) is 0.588. The summed E-state index contributed by atoms with van der Waals surface area (Å²) in [5.74, 6) is 0.180. The van der Waals surface area contributed by atoms with E-state index in [0.717, 1.165) is 29.3 Å². The molecule has 0 bridgehead atoms. The minimum Gasteiger partial charge on any atom is -0.378 e. The van der Waals surface area contributed by atoms with Crippen LogP contribution in [0.3, 0.4) is 0 Å². The van der Waals surface area contributed by atoms with E-state index in [1.807, 2.05) is 24.3 Å². The van der Waals surface area contributed by atoms with Crippen molar-refractivity contribution >= 4 is 21.7 Å². The molecule has 0 aliphatic carbocycles. The third-order valence-electron chi connectivity index (χ3n) is 3.72. The van der Waals surface area contributed by atoms with Crippen molar-refractivity contribution in [1.29, 1.82) is 0 Å². The summed E-state index contributed by atoms with van der Waals surface area (Å²) >= 11 is 3.37. The average Bonchev–Trinajstić information content (AvgIpc) is 2.43. The summed E-state index contributed by atoms with van der Waals surface area (Å²) in [5.41, 5.74) is 0.770. The lowest BCUT2D eigenvalue weighted by Gasteiger charge is -2.32. The quantitative estimate of drug-likeness (QED) is 0.561. The van der Waals surface area contributed by atoms with E-state index in [2.05, 4.69) is 29.8 Å². The Hall–Kier alpha value is -0.710. The number of Topliss-reactive ketones (excluding diaryl/α,β-unsaturated/α-hetero) is 1. The van der Waals surface area contributed by atoms with Crippen LogP contribution in [-0.4, -0.2) is 30.7 Å². The van der Waals surface area contributed by atoms with E-state index in [1.165, 1.54) is 0 Å². The van der Waals surface area contributed by atoms with Gasteiger partial charge in [0, 0.05) is 23.1 Å². The van der Waals surface area contributed by atoms with E-state index in [-0.39, 0.29) is 24.1 Å². The van der Waals surface area contributed by atoms with Gasteiger partial charge in [0.2, 0.25) is 0 Å². The molecule has 116 valence electrons. The van der Waals surface area contributed by atoms with E-state index < -0.39 is 0 Å². The Labute approximate surface area is 135 Å². The maximum absolute atomic E-state index is 12.0. The summed E-state index contributed by atoms with van der Waals surface area (Å²) in [7, 11) is 0. The lowest BCUT2D eigenvalue weighted by molar-refractivity contribution is -0.102.